The van der Waals surface area contributed by atoms with Crippen LogP contribution in [0, 0.1) is 6.92 Å². The molecule has 1 N–H and O–H groups in total. The molecule has 6 heteroatoms. The summed E-state index contributed by atoms with van der Waals surface area (Å²) in [6, 6.07) is 11.8. The fraction of sp³-hybridized carbons (Fsp3) is 0.333. The highest BCUT2D eigenvalue weighted by Gasteiger charge is 2.45. The minimum Gasteiger partial charge on any atom is -0.507 e. The van der Waals surface area contributed by atoms with Gasteiger partial charge in [-0.15, -0.1) is 0 Å². The standard InChI is InChI=1S/C24H27NO5/c1-5-13-25-21(17-11-12-18(30-6-2)19(14-17)29-4)20(23(27)24(25)28)22(26)16-9-7-15(3)8-10-16/h7-12,14,21,26H,5-6,13H2,1-4H3/b22-20-. The van der Waals surface area contributed by atoms with E-state index in [-0.39, 0.29) is 11.3 Å². The molecule has 1 fully saturated rings. The number of aliphatic hydroxyl groups is 1. The normalized spacial score (nSPS) is 18.0. The molecule has 1 atom stereocenters. The maximum Gasteiger partial charge on any atom is 0.295 e. The van der Waals surface area contributed by atoms with Crippen molar-refractivity contribution in [2.75, 3.05) is 20.3 Å². The molecule has 0 aliphatic carbocycles. The van der Waals surface area contributed by atoms with E-state index in [0.29, 0.717) is 42.2 Å². The van der Waals surface area contributed by atoms with Gasteiger partial charge in [-0.3, -0.25) is 9.59 Å². The molecule has 1 aliphatic rings. The Bertz CT molecular complexity index is 978. The second-order valence-corrected chi connectivity index (χ2v) is 7.20. The van der Waals surface area contributed by atoms with Crippen LogP contribution in [0.15, 0.2) is 48.0 Å². The van der Waals surface area contributed by atoms with Gasteiger partial charge in [-0.05, 0) is 38.0 Å². The number of nitrogens with zero attached hydrogens (tertiary/aromatic N) is 1. The SMILES string of the molecule is CCCN1C(=O)C(=O)/C(=C(\O)c2ccc(C)cc2)C1c1ccc(OCC)c(OC)c1. The van der Waals surface area contributed by atoms with Gasteiger partial charge in [0.25, 0.3) is 11.7 Å². The molecule has 30 heavy (non-hydrogen) atoms. The second-order valence-electron chi connectivity index (χ2n) is 7.20. The third kappa shape index (κ3) is 3.90. The number of hydrogen-bond acceptors (Lipinski definition) is 5. The van der Waals surface area contributed by atoms with Gasteiger partial charge in [0.05, 0.1) is 25.3 Å². The lowest BCUT2D eigenvalue weighted by Crippen LogP contribution is -2.30. The van der Waals surface area contributed by atoms with Gasteiger partial charge in [0.1, 0.15) is 5.76 Å². The van der Waals surface area contributed by atoms with Crippen molar-refractivity contribution in [1.29, 1.82) is 0 Å². The number of carbonyl (C=O) groups is 2. The molecule has 2 aromatic rings. The zero-order valence-electron chi connectivity index (χ0n) is 17.8. The number of carbonyl (C=O) groups excluding carboxylic acids is 2. The number of amides is 1. The first kappa shape index (κ1) is 21.4. The second kappa shape index (κ2) is 9.03. The maximum atomic E-state index is 12.9. The molecule has 6 nitrogen and oxygen atoms in total. The third-order valence-electron chi connectivity index (χ3n) is 5.13. The lowest BCUT2D eigenvalue weighted by Gasteiger charge is -2.25. The van der Waals surface area contributed by atoms with Crippen molar-refractivity contribution < 1.29 is 24.2 Å². The van der Waals surface area contributed by atoms with E-state index >= 15 is 0 Å². The molecule has 1 saturated heterocycles. The lowest BCUT2D eigenvalue weighted by molar-refractivity contribution is -0.139. The van der Waals surface area contributed by atoms with Crippen LogP contribution in [-0.4, -0.2) is 42.0 Å². The van der Waals surface area contributed by atoms with Crippen LogP contribution in [0.1, 0.15) is 43.0 Å². The Kier molecular flexibility index (Phi) is 6.45. The molecule has 1 heterocycles. The predicted octanol–water partition coefficient (Wildman–Crippen LogP) is 4.23. The number of ether oxygens (including phenoxy) is 2. The van der Waals surface area contributed by atoms with Crippen LogP contribution in [0.4, 0.5) is 0 Å². The maximum absolute atomic E-state index is 12.9. The molecule has 1 amide bonds. The summed E-state index contributed by atoms with van der Waals surface area (Å²) in [5.74, 6) is -0.381. The fourth-order valence-corrected chi connectivity index (χ4v) is 3.69. The molecule has 0 aromatic heterocycles. The van der Waals surface area contributed by atoms with E-state index in [1.165, 1.54) is 12.0 Å². The topological polar surface area (TPSA) is 76.1 Å². The zero-order chi connectivity index (χ0) is 21.8. The number of Topliss-reactive ketones (excluding diaryl/α,β-unsaturated/α-hetero) is 1. The van der Waals surface area contributed by atoms with Crippen molar-refractivity contribution in [1.82, 2.24) is 4.90 Å². The quantitative estimate of drug-likeness (QED) is 0.421. The third-order valence-corrected chi connectivity index (χ3v) is 5.13. The molecule has 0 bridgehead atoms. The summed E-state index contributed by atoms with van der Waals surface area (Å²) in [6.45, 7) is 6.64. The highest BCUT2D eigenvalue weighted by Crippen LogP contribution is 2.42. The molecule has 2 aromatic carbocycles. The summed E-state index contributed by atoms with van der Waals surface area (Å²) in [5, 5.41) is 11.0. The Morgan fingerprint density at radius 1 is 1.07 bits per heavy atom. The Labute approximate surface area is 176 Å². The number of rotatable bonds is 7. The summed E-state index contributed by atoms with van der Waals surface area (Å²) in [7, 11) is 1.54. The molecule has 3 rings (SSSR count). The molecule has 1 aliphatic heterocycles. The fourth-order valence-electron chi connectivity index (χ4n) is 3.69. The summed E-state index contributed by atoms with van der Waals surface area (Å²) in [4.78, 5) is 27.2. The van der Waals surface area contributed by atoms with Gasteiger partial charge in [0.15, 0.2) is 11.5 Å². The number of aliphatic hydroxyl groups excluding tert-OH is 1. The molecular weight excluding hydrogens is 382 g/mol. The van der Waals surface area contributed by atoms with E-state index in [0.717, 1.165) is 5.56 Å². The van der Waals surface area contributed by atoms with Crippen molar-refractivity contribution in [3.63, 3.8) is 0 Å². The van der Waals surface area contributed by atoms with Crippen molar-refractivity contribution in [3.05, 3.63) is 64.7 Å². The Morgan fingerprint density at radius 2 is 1.77 bits per heavy atom. The van der Waals surface area contributed by atoms with Crippen LogP contribution in [0.3, 0.4) is 0 Å². The number of benzene rings is 2. The number of hydrogen-bond donors (Lipinski definition) is 1. The van der Waals surface area contributed by atoms with Crippen LogP contribution in [-0.2, 0) is 9.59 Å². The highest BCUT2D eigenvalue weighted by atomic mass is 16.5. The minimum atomic E-state index is -0.698. The van der Waals surface area contributed by atoms with E-state index in [1.54, 1.807) is 30.3 Å². The summed E-state index contributed by atoms with van der Waals surface area (Å²) < 4.78 is 11.0. The predicted molar refractivity (Wildman–Crippen MR) is 115 cm³/mol. The van der Waals surface area contributed by atoms with E-state index in [1.807, 2.05) is 32.9 Å². The van der Waals surface area contributed by atoms with Crippen LogP contribution in [0.2, 0.25) is 0 Å². The molecule has 0 saturated carbocycles. The van der Waals surface area contributed by atoms with E-state index in [9.17, 15) is 14.7 Å². The number of likely N-dealkylation sites (tertiary alicyclic amines) is 1. The van der Waals surface area contributed by atoms with Gasteiger partial charge in [-0.25, -0.2) is 0 Å². The van der Waals surface area contributed by atoms with Crippen molar-refractivity contribution in [2.45, 2.75) is 33.2 Å². The first-order valence-electron chi connectivity index (χ1n) is 10.1. The Morgan fingerprint density at radius 3 is 2.37 bits per heavy atom. The van der Waals surface area contributed by atoms with Gasteiger partial charge in [0, 0.05) is 12.1 Å². The zero-order valence-corrected chi connectivity index (χ0v) is 17.8. The largest absolute Gasteiger partial charge is 0.507 e. The van der Waals surface area contributed by atoms with Crippen LogP contribution in [0.25, 0.3) is 5.76 Å². The van der Waals surface area contributed by atoms with Gasteiger partial charge in [-0.2, -0.15) is 0 Å². The molecular formula is C24H27NO5. The smallest absolute Gasteiger partial charge is 0.295 e. The van der Waals surface area contributed by atoms with E-state index < -0.39 is 17.7 Å². The minimum absolute atomic E-state index is 0.0866. The molecule has 1 unspecified atom stereocenters. The number of ketones is 1. The first-order valence-corrected chi connectivity index (χ1v) is 10.1. The van der Waals surface area contributed by atoms with Gasteiger partial charge < -0.3 is 19.5 Å². The molecule has 0 spiro atoms. The Balaban J connectivity index is 2.18. The van der Waals surface area contributed by atoms with Crippen molar-refractivity contribution >= 4 is 17.4 Å². The van der Waals surface area contributed by atoms with Gasteiger partial charge in [-0.1, -0.05) is 42.8 Å². The van der Waals surface area contributed by atoms with E-state index in [2.05, 4.69) is 0 Å². The summed E-state index contributed by atoms with van der Waals surface area (Å²) in [6.07, 6.45) is 0.683. The van der Waals surface area contributed by atoms with Gasteiger partial charge in [0.2, 0.25) is 0 Å². The Hall–Kier alpha value is -3.28. The van der Waals surface area contributed by atoms with Crippen LogP contribution in [0.5, 0.6) is 11.5 Å². The first-order chi connectivity index (χ1) is 14.4. The monoisotopic (exact) mass is 409 g/mol. The van der Waals surface area contributed by atoms with Crippen LogP contribution < -0.4 is 9.47 Å². The average molecular weight is 409 g/mol. The van der Waals surface area contributed by atoms with Gasteiger partial charge >= 0.3 is 0 Å². The number of methoxy groups -OCH3 is 1. The van der Waals surface area contributed by atoms with Crippen LogP contribution >= 0.6 is 0 Å². The lowest BCUT2D eigenvalue weighted by atomic mass is 9.94. The summed E-state index contributed by atoms with van der Waals surface area (Å²) in [5.41, 5.74) is 2.30. The van der Waals surface area contributed by atoms with Crippen molar-refractivity contribution in [2.24, 2.45) is 0 Å². The average Bonchev–Trinajstić information content (AvgIpc) is 2.99. The molecule has 0 radical (unpaired) electrons. The molecule has 158 valence electrons. The number of aryl methyl sites for hydroxylation is 1. The summed E-state index contributed by atoms with van der Waals surface area (Å²) >= 11 is 0. The van der Waals surface area contributed by atoms with Crippen molar-refractivity contribution in [3.8, 4) is 11.5 Å². The highest BCUT2D eigenvalue weighted by molar-refractivity contribution is 6.46. The van der Waals surface area contributed by atoms with E-state index in [4.69, 9.17) is 9.47 Å².